The number of nitrogens with zero attached hydrogens (tertiary/aromatic N) is 6. The number of amides is 2. The van der Waals surface area contributed by atoms with Crippen LogP contribution in [0.3, 0.4) is 0 Å². The number of hydrogen-bond donors (Lipinski definition) is 1. The maximum Gasteiger partial charge on any atom is 0.347 e. The average Bonchev–Trinajstić information content (AvgIpc) is 3.52. The molecule has 0 radical (unpaired) electrons. The molecule has 0 unspecified atom stereocenters. The second-order valence-electron chi connectivity index (χ2n) is 13.7. The first-order valence-electron chi connectivity index (χ1n) is 17.3. The summed E-state index contributed by atoms with van der Waals surface area (Å²) in [7, 11) is 5.84. The van der Waals surface area contributed by atoms with Gasteiger partial charge in [-0.15, -0.1) is 23.2 Å². The lowest BCUT2D eigenvalue weighted by molar-refractivity contribution is -0.122. The number of para-hydroxylation sites is 1. The van der Waals surface area contributed by atoms with E-state index in [1.54, 1.807) is 31.3 Å². The highest BCUT2D eigenvalue weighted by Gasteiger charge is 2.76. The van der Waals surface area contributed by atoms with E-state index < -0.39 is 62.7 Å². The molecule has 1 aliphatic carbocycles. The first-order chi connectivity index (χ1) is 26.7. The molecule has 15 nitrogen and oxygen atoms in total. The summed E-state index contributed by atoms with van der Waals surface area (Å²) in [5.41, 5.74) is -0.520. The highest BCUT2D eigenvalue weighted by Crippen LogP contribution is 2.65. The first kappa shape index (κ1) is 37.1. The van der Waals surface area contributed by atoms with E-state index in [9.17, 15) is 33.5 Å². The van der Waals surface area contributed by atoms with Gasteiger partial charge in [0.15, 0.2) is 32.7 Å². The average molecular weight is 808 g/mol. The largest absolute Gasteiger partial charge is 0.504 e. The van der Waals surface area contributed by atoms with Crippen molar-refractivity contribution in [2.75, 3.05) is 26.2 Å². The Morgan fingerprint density at radius 1 is 0.911 bits per heavy atom. The minimum atomic E-state index is -2.28. The van der Waals surface area contributed by atoms with Crippen LogP contribution in [0.25, 0.3) is 11.0 Å². The van der Waals surface area contributed by atoms with E-state index in [-0.39, 0.29) is 48.0 Å². The summed E-state index contributed by atoms with van der Waals surface area (Å²) in [6, 6.07) is 11.3. The van der Waals surface area contributed by atoms with E-state index >= 15 is 0 Å². The SMILES string of the molecule is COc1cc2nc(CCn3c(=O)n4n(c3=O)[C@@H]3C[C@@]5(Cl)C(=O)N(c6ccc(F)cc6)C(=O)[C@@]5(Cl)[C@@H](c5cccc(OC)c5O)C3=CC4)c(=O)n(C)c2cc1OC. The summed E-state index contributed by atoms with van der Waals surface area (Å²) < 4.78 is 34.8. The third-order valence-corrected chi connectivity index (χ3v) is 12.4. The summed E-state index contributed by atoms with van der Waals surface area (Å²) in [5.74, 6) is -3.35. The summed E-state index contributed by atoms with van der Waals surface area (Å²) in [6.07, 6.45) is 1.10. The third kappa shape index (κ3) is 5.01. The van der Waals surface area contributed by atoms with E-state index in [1.807, 2.05) is 0 Å². The number of ether oxygens (including phenoxy) is 3. The van der Waals surface area contributed by atoms with Gasteiger partial charge >= 0.3 is 11.4 Å². The van der Waals surface area contributed by atoms with Gasteiger partial charge in [-0.05, 0) is 35.9 Å². The summed E-state index contributed by atoms with van der Waals surface area (Å²) in [6.45, 7) is -0.396. The monoisotopic (exact) mass is 806 g/mol. The standard InChI is InChI=1S/C38H33Cl2FN6O9/c1-43-25-17-29(56-4)28(55-3)16-24(25)42-23(32(43)49)13-14-44-35(52)45-15-12-21-26(47(45)36(44)53)18-37(39)33(50)46(20-10-8-19(41)9-11-20)34(51)38(37,40)30(21)22-6-5-7-27(54-2)31(22)48/h5-12,16-17,26,30,48H,13-15,18H2,1-4H3/t26-,30-,37-,38+/m1/s1. The number of anilines is 1. The van der Waals surface area contributed by atoms with E-state index in [1.165, 1.54) is 59.5 Å². The number of carbonyl (C=O) groups is 2. The van der Waals surface area contributed by atoms with Gasteiger partial charge in [-0.25, -0.2) is 37.8 Å². The van der Waals surface area contributed by atoms with Gasteiger partial charge in [-0.3, -0.25) is 14.4 Å². The fourth-order valence-electron chi connectivity index (χ4n) is 8.27. The molecule has 0 spiro atoms. The van der Waals surface area contributed by atoms with Crippen molar-refractivity contribution in [3.63, 3.8) is 0 Å². The third-order valence-electron chi connectivity index (χ3n) is 11.0. The Hall–Kier alpha value is -5.87. The number of carbonyl (C=O) groups excluding carboxylic acids is 2. The van der Waals surface area contributed by atoms with Crippen molar-refractivity contribution < 1.29 is 33.3 Å². The fourth-order valence-corrected chi connectivity index (χ4v) is 9.18. The molecular weight excluding hydrogens is 774 g/mol. The fraction of sp³-hybridized carbons (Fsp3) is 0.316. The number of phenolic OH excluding ortho intramolecular Hbond substituents is 1. The summed E-state index contributed by atoms with van der Waals surface area (Å²) in [5, 5.41) is 11.5. The molecule has 3 aromatic carbocycles. The van der Waals surface area contributed by atoms with Gasteiger partial charge in [0.05, 0.1) is 50.6 Å². The van der Waals surface area contributed by atoms with E-state index in [4.69, 9.17) is 37.4 Å². The van der Waals surface area contributed by atoms with Gasteiger partial charge in [-0.1, -0.05) is 18.2 Å². The molecule has 5 aromatic rings. The number of aryl methyl sites for hydroxylation is 2. The zero-order valence-electron chi connectivity index (χ0n) is 30.3. The Morgan fingerprint density at radius 3 is 2.27 bits per heavy atom. The van der Waals surface area contributed by atoms with Gasteiger partial charge in [0.2, 0.25) is 0 Å². The minimum absolute atomic E-state index is 0.00710. The number of hydrogen-bond acceptors (Lipinski definition) is 10. The van der Waals surface area contributed by atoms with Gasteiger partial charge in [0.25, 0.3) is 17.4 Å². The van der Waals surface area contributed by atoms with Gasteiger partial charge in [0.1, 0.15) is 11.5 Å². The number of allylic oxidation sites excluding steroid dienone is 2. The quantitative estimate of drug-likeness (QED) is 0.140. The Labute approximate surface area is 326 Å². The van der Waals surface area contributed by atoms with Crippen LogP contribution in [-0.4, -0.2) is 71.5 Å². The zero-order chi connectivity index (χ0) is 40.0. The number of fused-ring (bicyclic) bond motifs is 5. The Kier molecular flexibility index (Phi) is 8.69. The predicted molar refractivity (Wildman–Crippen MR) is 202 cm³/mol. The van der Waals surface area contributed by atoms with Gasteiger partial charge in [-0.2, -0.15) is 0 Å². The Morgan fingerprint density at radius 2 is 1.59 bits per heavy atom. The molecule has 0 bridgehead atoms. The topological polar surface area (TPSA) is 169 Å². The predicted octanol–water partition coefficient (Wildman–Crippen LogP) is 3.37. The van der Waals surface area contributed by atoms with Crippen molar-refractivity contribution in [3.8, 4) is 23.0 Å². The van der Waals surface area contributed by atoms with E-state index in [0.29, 0.717) is 28.1 Å². The van der Waals surface area contributed by atoms with Crippen molar-refractivity contribution in [1.82, 2.24) is 23.5 Å². The number of benzene rings is 3. The lowest BCUT2D eigenvalue weighted by Crippen LogP contribution is -2.59. The maximum absolute atomic E-state index is 14.6. The normalized spacial score (nSPS) is 22.8. The summed E-state index contributed by atoms with van der Waals surface area (Å²) in [4.78, 5) is 71.6. The first-order valence-corrected chi connectivity index (χ1v) is 18.1. The number of alkyl halides is 2. The Bertz CT molecular complexity index is 2720. The van der Waals surface area contributed by atoms with Crippen LogP contribution in [0.15, 0.2) is 80.6 Å². The highest BCUT2D eigenvalue weighted by molar-refractivity contribution is 6.58. The van der Waals surface area contributed by atoms with Crippen LogP contribution in [0.2, 0.25) is 0 Å². The van der Waals surface area contributed by atoms with Crippen LogP contribution in [0.1, 0.15) is 29.6 Å². The maximum atomic E-state index is 14.6. The van der Waals surface area contributed by atoms with Crippen LogP contribution in [0, 0.1) is 5.82 Å². The smallest absolute Gasteiger partial charge is 0.347 e. The van der Waals surface area contributed by atoms with Crippen molar-refractivity contribution in [2.24, 2.45) is 7.05 Å². The molecule has 4 heterocycles. The second kappa shape index (κ2) is 13.1. The molecule has 1 N–H and O–H groups in total. The number of halogens is 3. The molecule has 56 heavy (non-hydrogen) atoms. The number of rotatable bonds is 8. The lowest BCUT2D eigenvalue weighted by Gasteiger charge is -2.49. The van der Waals surface area contributed by atoms with E-state index in [2.05, 4.69) is 4.98 Å². The number of methoxy groups -OCH3 is 3. The van der Waals surface area contributed by atoms with E-state index in [0.717, 1.165) is 21.6 Å². The van der Waals surface area contributed by atoms with Crippen LogP contribution in [0.5, 0.6) is 23.0 Å². The molecule has 2 amide bonds. The van der Waals surface area contributed by atoms with Gasteiger partial charge < -0.3 is 23.9 Å². The molecule has 1 saturated carbocycles. The zero-order valence-corrected chi connectivity index (χ0v) is 31.8. The molecule has 18 heteroatoms. The number of phenols is 1. The van der Waals surface area contributed by atoms with Crippen LogP contribution in [0.4, 0.5) is 10.1 Å². The van der Waals surface area contributed by atoms with Crippen LogP contribution < -0.4 is 36.0 Å². The number of aromatic nitrogens is 5. The Balaban J connectivity index is 1.24. The molecular formula is C38H33Cl2FN6O9. The van der Waals surface area contributed by atoms with Crippen molar-refractivity contribution in [2.45, 2.75) is 47.6 Å². The van der Waals surface area contributed by atoms with Crippen molar-refractivity contribution in [1.29, 1.82) is 0 Å². The summed E-state index contributed by atoms with van der Waals surface area (Å²) >= 11 is 14.7. The van der Waals surface area contributed by atoms with Crippen LogP contribution in [-0.2, 0) is 36.1 Å². The molecule has 4 atom stereocenters. The molecule has 1 saturated heterocycles. The number of imide groups is 1. The highest BCUT2D eigenvalue weighted by atomic mass is 35.5. The second-order valence-corrected chi connectivity index (χ2v) is 14.9. The van der Waals surface area contributed by atoms with Gasteiger partial charge in [0, 0.05) is 50.0 Å². The lowest BCUT2D eigenvalue weighted by atomic mass is 9.64. The molecule has 8 rings (SSSR count). The van der Waals surface area contributed by atoms with Crippen molar-refractivity contribution >= 4 is 51.7 Å². The van der Waals surface area contributed by atoms with Crippen LogP contribution >= 0.6 is 23.2 Å². The molecule has 2 aromatic heterocycles. The molecule has 290 valence electrons. The minimum Gasteiger partial charge on any atom is -0.504 e. The van der Waals surface area contributed by atoms with Crippen molar-refractivity contribution in [3.05, 3.63) is 115 Å². The molecule has 3 aliphatic rings. The number of aromatic hydroxyl groups is 1. The molecule has 2 aliphatic heterocycles. The molecule has 2 fully saturated rings.